The van der Waals surface area contributed by atoms with Gasteiger partial charge in [-0.05, 0) is 66.5 Å². The predicted octanol–water partition coefficient (Wildman–Crippen LogP) is 6.62. The summed E-state index contributed by atoms with van der Waals surface area (Å²) in [4.78, 5) is 17.9. The fourth-order valence-corrected chi connectivity index (χ4v) is 4.54. The van der Waals surface area contributed by atoms with Crippen molar-refractivity contribution in [3.63, 3.8) is 0 Å². The van der Waals surface area contributed by atoms with Gasteiger partial charge in [-0.3, -0.25) is 4.79 Å². The van der Waals surface area contributed by atoms with Crippen molar-refractivity contribution < 1.29 is 4.79 Å². The largest absolute Gasteiger partial charge is 0.342 e. The first-order chi connectivity index (χ1) is 15.6. The topological polar surface area (TPSA) is 46.9 Å². The van der Waals surface area contributed by atoms with Crippen LogP contribution in [-0.4, -0.2) is 27.5 Å². The maximum absolute atomic E-state index is 13.0. The van der Waals surface area contributed by atoms with Crippen molar-refractivity contribution in [1.29, 1.82) is 0 Å². The molecule has 3 aromatic carbocycles. The third-order valence-electron chi connectivity index (χ3n) is 5.28. The van der Waals surface area contributed by atoms with Crippen LogP contribution in [0.1, 0.15) is 34.2 Å². The molecule has 1 heterocycles. The summed E-state index contributed by atoms with van der Waals surface area (Å²) < 4.78 is 2.13. The van der Waals surface area contributed by atoms with Crippen LogP contribution < -0.4 is 5.32 Å². The van der Waals surface area contributed by atoms with E-state index in [1.807, 2.05) is 60.7 Å². The van der Waals surface area contributed by atoms with Crippen molar-refractivity contribution in [3.05, 3.63) is 99.8 Å². The molecule has 0 bridgehead atoms. The SMILES string of the molecule is CSCC[C@H](NC(=O)c1ccccc1)c1nc2ccccc2n1Cc1cc(Cl)ccc1Cl. The molecule has 0 spiro atoms. The molecule has 1 atom stereocenters. The van der Waals surface area contributed by atoms with Gasteiger partial charge in [0.05, 0.1) is 23.6 Å². The average molecular weight is 484 g/mol. The van der Waals surface area contributed by atoms with Gasteiger partial charge < -0.3 is 9.88 Å². The highest BCUT2D eigenvalue weighted by molar-refractivity contribution is 7.98. The smallest absolute Gasteiger partial charge is 0.251 e. The number of benzene rings is 3. The molecular weight excluding hydrogens is 461 g/mol. The van der Waals surface area contributed by atoms with Gasteiger partial charge >= 0.3 is 0 Å². The van der Waals surface area contributed by atoms with Gasteiger partial charge in [-0.1, -0.05) is 53.5 Å². The van der Waals surface area contributed by atoms with E-state index < -0.39 is 0 Å². The van der Waals surface area contributed by atoms with Crippen LogP contribution in [0.25, 0.3) is 11.0 Å². The number of hydrogen-bond acceptors (Lipinski definition) is 3. The number of nitrogens with zero attached hydrogens (tertiary/aromatic N) is 2. The van der Waals surface area contributed by atoms with Crippen molar-refractivity contribution in [1.82, 2.24) is 14.9 Å². The Labute approximate surface area is 201 Å². The Kier molecular flexibility index (Phi) is 7.40. The lowest BCUT2D eigenvalue weighted by molar-refractivity contribution is 0.0933. The lowest BCUT2D eigenvalue weighted by Gasteiger charge is -2.20. The molecule has 1 aromatic heterocycles. The number of para-hydroxylation sites is 2. The Morgan fingerprint density at radius 1 is 1.06 bits per heavy atom. The highest BCUT2D eigenvalue weighted by atomic mass is 35.5. The summed E-state index contributed by atoms with van der Waals surface area (Å²) in [6, 6.07) is 22.4. The molecule has 0 fully saturated rings. The van der Waals surface area contributed by atoms with Crippen LogP contribution in [0.2, 0.25) is 10.0 Å². The van der Waals surface area contributed by atoms with Crippen LogP contribution in [0, 0.1) is 0 Å². The van der Waals surface area contributed by atoms with Gasteiger partial charge in [0, 0.05) is 15.6 Å². The summed E-state index contributed by atoms with van der Waals surface area (Å²) >= 11 is 14.5. The van der Waals surface area contributed by atoms with E-state index in [-0.39, 0.29) is 11.9 Å². The number of aromatic nitrogens is 2. The molecular formula is C25H23Cl2N3OS. The van der Waals surface area contributed by atoms with Gasteiger partial charge in [0.1, 0.15) is 5.82 Å². The molecule has 0 aliphatic rings. The lowest BCUT2D eigenvalue weighted by atomic mass is 10.1. The zero-order chi connectivity index (χ0) is 22.5. The summed E-state index contributed by atoms with van der Waals surface area (Å²) in [5.74, 6) is 1.58. The zero-order valence-corrected chi connectivity index (χ0v) is 19.9. The van der Waals surface area contributed by atoms with E-state index in [2.05, 4.69) is 16.1 Å². The number of hydrogen-bond donors (Lipinski definition) is 1. The first-order valence-corrected chi connectivity index (χ1v) is 12.5. The first kappa shape index (κ1) is 22.7. The van der Waals surface area contributed by atoms with Crippen molar-refractivity contribution in [2.75, 3.05) is 12.0 Å². The number of nitrogens with one attached hydrogen (secondary N) is 1. The van der Waals surface area contributed by atoms with Gasteiger partial charge in [-0.25, -0.2) is 4.98 Å². The number of halogens is 2. The van der Waals surface area contributed by atoms with Crippen LogP contribution in [0.3, 0.4) is 0 Å². The molecule has 7 heteroatoms. The Balaban J connectivity index is 1.76. The van der Waals surface area contributed by atoms with Crippen molar-refractivity contribution in [2.45, 2.75) is 19.0 Å². The summed E-state index contributed by atoms with van der Waals surface area (Å²) in [6.45, 7) is 0.506. The number of amides is 1. The molecule has 0 saturated carbocycles. The second kappa shape index (κ2) is 10.4. The van der Waals surface area contributed by atoms with Gasteiger partial charge in [0.25, 0.3) is 5.91 Å². The third kappa shape index (κ3) is 5.12. The Hall–Kier alpha value is -2.47. The monoisotopic (exact) mass is 483 g/mol. The van der Waals surface area contributed by atoms with E-state index in [0.29, 0.717) is 22.2 Å². The number of fused-ring (bicyclic) bond motifs is 1. The number of imidazole rings is 1. The molecule has 0 aliphatic heterocycles. The van der Waals surface area contributed by atoms with E-state index in [1.165, 1.54) is 0 Å². The van der Waals surface area contributed by atoms with Crippen LogP contribution in [0.5, 0.6) is 0 Å². The highest BCUT2D eigenvalue weighted by Crippen LogP contribution is 2.28. The van der Waals surface area contributed by atoms with Gasteiger partial charge in [-0.15, -0.1) is 0 Å². The zero-order valence-electron chi connectivity index (χ0n) is 17.6. The molecule has 0 radical (unpaired) electrons. The van der Waals surface area contributed by atoms with Crippen LogP contribution in [0.4, 0.5) is 0 Å². The molecule has 164 valence electrons. The predicted molar refractivity (Wildman–Crippen MR) is 135 cm³/mol. The van der Waals surface area contributed by atoms with Crippen molar-refractivity contribution in [3.8, 4) is 0 Å². The molecule has 0 unspecified atom stereocenters. The second-order valence-corrected chi connectivity index (χ2v) is 9.28. The number of carbonyl (C=O) groups is 1. The maximum Gasteiger partial charge on any atom is 0.251 e. The van der Waals surface area contributed by atoms with E-state index in [9.17, 15) is 4.79 Å². The molecule has 4 aromatic rings. The summed E-state index contributed by atoms with van der Waals surface area (Å²) in [5.41, 5.74) is 3.40. The quantitative estimate of drug-likeness (QED) is 0.306. The van der Waals surface area contributed by atoms with E-state index in [0.717, 1.165) is 34.6 Å². The Bertz CT molecular complexity index is 1230. The summed E-state index contributed by atoms with van der Waals surface area (Å²) in [7, 11) is 0. The standard InChI is InChI=1S/C25H23Cl2N3OS/c1-32-14-13-22(29-25(31)17-7-3-2-4-8-17)24-28-21-9-5-6-10-23(21)30(24)16-18-15-19(26)11-12-20(18)27/h2-12,15,22H,13-14,16H2,1H3,(H,29,31)/t22-/m0/s1. The summed E-state index contributed by atoms with van der Waals surface area (Å²) in [5, 5.41) is 4.48. The van der Waals surface area contributed by atoms with Gasteiger partial charge in [-0.2, -0.15) is 11.8 Å². The number of carbonyl (C=O) groups excluding carboxylic acids is 1. The second-order valence-electron chi connectivity index (χ2n) is 7.45. The molecule has 1 N–H and O–H groups in total. The third-order valence-corrected chi connectivity index (χ3v) is 6.53. The minimum absolute atomic E-state index is 0.115. The molecule has 32 heavy (non-hydrogen) atoms. The van der Waals surface area contributed by atoms with Crippen LogP contribution in [-0.2, 0) is 6.54 Å². The fourth-order valence-electron chi connectivity index (χ4n) is 3.69. The average Bonchev–Trinajstić information content (AvgIpc) is 3.18. The van der Waals surface area contributed by atoms with E-state index in [4.69, 9.17) is 28.2 Å². The minimum Gasteiger partial charge on any atom is -0.342 e. The van der Waals surface area contributed by atoms with Crippen molar-refractivity contribution >= 4 is 51.9 Å². The summed E-state index contributed by atoms with van der Waals surface area (Å²) in [6.07, 6.45) is 2.82. The Morgan fingerprint density at radius 3 is 2.59 bits per heavy atom. The molecule has 0 aliphatic carbocycles. The van der Waals surface area contributed by atoms with E-state index in [1.54, 1.807) is 23.9 Å². The first-order valence-electron chi connectivity index (χ1n) is 10.3. The van der Waals surface area contributed by atoms with Crippen LogP contribution >= 0.6 is 35.0 Å². The number of rotatable bonds is 8. The van der Waals surface area contributed by atoms with Gasteiger partial charge in [0.2, 0.25) is 0 Å². The van der Waals surface area contributed by atoms with E-state index >= 15 is 0 Å². The molecule has 0 saturated heterocycles. The van der Waals surface area contributed by atoms with Crippen molar-refractivity contribution in [2.24, 2.45) is 0 Å². The molecule has 4 rings (SSSR count). The fraction of sp³-hybridized carbons (Fsp3) is 0.200. The minimum atomic E-state index is -0.250. The van der Waals surface area contributed by atoms with Crippen LogP contribution in [0.15, 0.2) is 72.8 Å². The normalized spacial score (nSPS) is 12.1. The Morgan fingerprint density at radius 2 is 1.81 bits per heavy atom. The lowest BCUT2D eigenvalue weighted by Crippen LogP contribution is -2.31. The maximum atomic E-state index is 13.0. The highest BCUT2D eigenvalue weighted by Gasteiger charge is 2.23. The molecule has 1 amide bonds. The number of thioether (sulfide) groups is 1. The molecule has 4 nitrogen and oxygen atoms in total. The van der Waals surface area contributed by atoms with Gasteiger partial charge in [0.15, 0.2) is 0 Å².